The maximum Gasteiger partial charge on any atom is 0.417 e. The molecule has 5 nitrogen and oxygen atoms in total. The highest BCUT2D eigenvalue weighted by atomic mass is 32.2. The number of rotatable bonds is 4. The summed E-state index contributed by atoms with van der Waals surface area (Å²) in [5.41, 5.74) is 0.332. The molecule has 0 unspecified atom stereocenters. The number of carbonyl (C=O) groups is 1. The first-order chi connectivity index (χ1) is 8.38. The first kappa shape index (κ1) is 12.8. The van der Waals surface area contributed by atoms with Gasteiger partial charge in [0.05, 0.1) is 10.9 Å². The van der Waals surface area contributed by atoms with Gasteiger partial charge in [-0.15, -0.1) is 11.8 Å². The van der Waals surface area contributed by atoms with E-state index in [9.17, 15) is 9.59 Å². The van der Waals surface area contributed by atoms with Gasteiger partial charge in [0.25, 0.3) is 0 Å². The van der Waals surface area contributed by atoms with E-state index in [1.165, 1.54) is 11.8 Å². The number of benzene rings is 1. The molecule has 0 saturated carbocycles. The second-order valence-electron chi connectivity index (χ2n) is 4.65. The maximum atomic E-state index is 11.0. The van der Waals surface area contributed by atoms with Crippen LogP contribution in [0.5, 0.6) is 0 Å². The number of nitrogens with one attached hydrogen (secondary N) is 1. The van der Waals surface area contributed by atoms with Gasteiger partial charge in [-0.05, 0) is 32.0 Å². The van der Waals surface area contributed by atoms with Crippen molar-refractivity contribution in [3.05, 3.63) is 28.7 Å². The molecule has 2 rings (SSSR count). The molecule has 96 valence electrons. The van der Waals surface area contributed by atoms with Crippen molar-refractivity contribution < 1.29 is 14.3 Å². The molecule has 0 amide bonds. The smallest absolute Gasteiger partial charge is 0.417 e. The third-order valence-corrected chi connectivity index (χ3v) is 4.02. The zero-order chi connectivity index (χ0) is 13.3. The Labute approximate surface area is 107 Å². The van der Waals surface area contributed by atoms with Gasteiger partial charge < -0.3 is 9.52 Å². The molecule has 0 aliphatic heterocycles. The van der Waals surface area contributed by atoms with Crippen LogP contribution in [-0.2, 0) is 4.79 Å². The molecule has 0 saturated heterocycles. The predicted molar refractivity (Wildman–Crippen MR) is 69.0 cm³/mol. The summed E-state index contributed by atoms with van der Waals surface area (Å²) in [7, 11) is 0. The third kappa shape index (κ3) is 2.59. The zero-order valence-corrected chi connectivity index (χ0v) is 10.8. The summed E-state index contributed by atoms with van der Waals surface area (Å²) in [4.78, 5) is 25.4. The Hall–Kier alpha value is -1.69. The largest absolute Gasteiger partial charge is 0.481 e. The Morgan fingerprint density at radius 3 is 2.89 bits per heavy atom. The van der Waals surface area contributed by atoms with E-state index in [4.69, 9.17) is 9.52 Å². The Morgan fingerprint density at radius 2 is 2.22 bits per heavy atom. The van der Waals surface area contributed by atoms with Crippen LogP contribution in [0.25, 0.3) is 11.1 Å². The van der Waals surface area contributed by atoms with Crippen LogP contribution < -0.4 is 5.76 Å². The lowest BCUT2D eigenvalue weighted by Crippen LogP contribution is -2.26. The van der Waals surface area contributed by atoms with Crippen LogP contribution in [0.2, 0.25) is 0 Å². The second kappa shape index (κ2) is 4.53. The van der Waals surface area contributed by atoms with Gasteiger partial charge in [-0.1, -0.05) is 0 Å². The van der Waals surface area contributed by atoms with Crippen LogP contribution in [0, 0.1) is 5.41 Å². The number of H-pyrrole nitrogens is 1. The lowest BCUT2D eigenvalue weighted by molar-refractivity contribution is -0.145. The van der Waals surface area contributed by atoms with E-state index < -0.39 is 17.1 Å². The van der Waals surface area contributed by atoms with E-state index in [0.29, 0.717) is 16.9 Å². The Balaban J connectivity index is 2.17. The molecule has 1 heterocycles. The number of aromatic amines is 1. The van der Waals surface area contributed by atoms with E-state index in [0.717, 1.165) is 4.90 Å². The summed E-state index contributed by atoms with van der Waals surface area (Å²) in [5, 5.41) is 9.02. The van der Waals surface area contributed by atoms with Crippen LogP contribution in [0.3, 0.4) is 0 Å². The Kier molecular flexibility index (Phi) is 3.21. The minimum Gasteiger partial charge on any atom is -0.481 e. The topological polar surface area (TPSA) is 83.3 Å². The number of carboxylic acids is 1. The van der Waals surface area contributed by atoms with Crippen molar-refractivity contribution in [1.82, 2.24) is 4.98 Å². The van der Waals surface area contributed by atoms with Gasteiger partial charge >= 0.3 is 11.7 Å². The van der Waals surface area contributed by atoms with Crippen molar-refractivity contribution in [2.75, 3.05) is 5.75 Å². The monoisotopic (exact) mass is 267 g/mol. The van der Waals surface area contributed by atoms with Gasteiger partial charge in [-0.25, -0.2) is 4.79 Å². The molecule has 2 aromatic rings. The average molecular weight is 267 g/mol. The van der Waals surface area contributed by atoms with Crippen molar-refractivity contribution in [2.45, 2.75) is 18.7 Å². The number of hydrogen-bond donors (Lipinski definition) is 2. The molecular weight excluding hydrogens is 254 g/mol. The maximum absolute atomic E-state index is 11.0. The van der Waals surface area contributed by atoms with Gasteiger partial charge in [0.2, 0.25) is 0 Å². The van der Waals surface area contributed by atoms with E-state index in [1.54, 1.807) is 26.0 Å². The highest BCUT2D eigenvalue weighted by Gasteiger charge is 2.27. The molecule has 0 bridgehead atoms. The van der Waals surface area contributed by atoms with Crippen LogP contribution in [0.4, 0.5) is 0 Å². The number of carboxylic acid groups (broad SMARTS) is 1. The fraction of sp³-hybridized carbons (Fsp3) is 0.333. The van der Waals surface area contributed by atoms with Gasteiger partial charge in [0.1, 0.15) is 0 Å². The van der Waals surface area contributed by atoms with Gasteiger partial charge in [0, 0.05) is 10.6 Å². The van der Waals surface area contributed by atoms with Crippen molar-refractivity contribution in [3.8, 4) is 0 Å². The molecule has 2 N–H and O–H groups in total. The van der Waals surface area contributed by atoms with Crippen LogP contribution in [-0.4, -0.2) is 21.8 Å². The van der Waals surface area contributed by atoms with Gasteiger partial charge in [-0.3, -0.25) is 9.78 Å². The highest BCUT2D eigenvalue weighted by Crippen LogP contribution is 2.29. The van der Waals surface area contributed by atoms with Crippen LogP contribution in [0.1, 0.15) is 13.8 Å². The molecule has 0 spiro atoms. The second-order valence-corrected chi connectivity index (χ2v) is 5.70. The molecule has 0 aliphatic rings. The predicted octanol–water partition coefficient (Wildman–Crippen LogP) is 2.32. The minimum absolute atomic E-state index is 0.447. The minimum atomic E-state index is -0.829. The number of thioether (sulfide) groups is 1. The van der Waals surface area contributed by atoms with Crippen LogP contribution in [0.15, 0.2) is 32.3 Å². The first-order valence-electron chi connectivity index (χ1n) is 5.37. The number of oxazole rings is 1. The van der Waals surface area contributed by atoms with Crippen LogP contribution >= 0.6 is 11.8 Å². The third-order valence-electron chi connectivity index (χ3n) is 2.57. The number of aromatic nitrogens is 1. The molecular formula is C12H13NO4S. The van der Waals surface area contributed by atoms with Crippen molar-refractivity contribution >= 4 is 28.8 Å². The molecule has 18 heavy (non-hydrogen) atoms. The summed E-state index contributed by atoms with van der Waals surface area (Å²) < 4.78 is 4.95. The van der Waals surface area contributed by atoms with E-state index in [2.05, 4.69) is 4.98 Å². The summed E-state index contributed by atoms with van der Waals surface area (Å²) in [6.45, 7) is 3.36. The number of fused-ring (bicyclic) bond motifs is 1. The fourth-order valence-electron chi connectivity index (χ4n) is 1.34. The van der Waals surface area contributed by atoms with Crippen molar-refractivity contribution in [1.29, 1.82) is 0 Å². The number of hydrogen-bond acceptors (Lipinski definition) is 4. The fourth-order valence-corrected chi connectivity index (χ4v) is 2.35. The quantitative estimate of drug-likeness (QED) is 0.831. The molecule has 1 aromatic carbocycles. The van der Waals surface area contributed by atoms with Gasteiger partial charge in [-0.2, -0.15) is 0 Å². The molecule has 0 atom stereocenters. The Morgan fingerprint density at radius 1 is 1.50 bits per heavy atom. The summed E-state index contributed by atoms with van der Waals surface area (Å²) in [5.74, 6) is -0.870. The number of aliphatic carboxylic acids is 1. The summed E-state index contributed by atoms with van der Waals surface area (Å²) in [6.07, 6.45) is 0. The van der Waals surface area contributed by atoms with E-state index in [1.807, 2.05) is 6.07 Å². The lowest BCUT2D eigenvalue weighted by Gasteiger charge is -2.17. The van der Waals surface area contributed by atoms with Crippen molar-refractivity contribution in [2.24, 2.45) is 5.41 Å². The molecule has 6 heteroatoms. The Bertz CT molecular complexity index is 641. The van der Waals surface area contributed by atoms with Gasteiger partial charge in [0.15, 0.2) is 5.58 Å². The van der Waals surface area contributed by atoms with Crippen molar-refractivity contribution in [3.63, 3.8) is 0 Å². The normalized spacial score (nSPS) is 11.9. The first-order valence-corrected chi connectivity index (χ1v) is 6.36. The molecule has 0 aliphatic carbocycles. The molecule has 0 radical (unpaired) electrons. The lowest BCUT2D eigenvalue weighted by atomic mass is 9.97. The molecule has 0 fully saturated rings. The van der Waals surface area contributed by atoms with E-state index >= 15 is 0 Å². The SMILES string of the molecule is CC(C)(CSc1ccc2[nH]c(=O)oc2c1)C(=O)O. The standard InChI is InChI=1S/C12H13NO4S/c1-12(2,10(14)15)6-18-7-3-4-8-9(5-7)17-11(16)13-8/h3-5H,6H2,1-2H3,(H,13,16)(H,14,15). The summed E-state index contributed by atoms with van der Waals surface area (Å²) >= 11 is 1.42. The van der Waals surface area contributed by atoms with E-state index in [-0.39, 0.29) is 0 Å². The zero-order valence-electron chi connectivity index (χ0n) is 10.0. The molecule has 1 aromatic heterocycles. The highest BCUT2D eigenvalue weighted by molar-refractivity contribution is 7.99. The average Bonchev–Trinajstić information content (AvgIpc) is 2.65. The summed E-state index contributed by atoms with van der Waals surface area (Å²) in [6, 6.07) is 5.31.